The molecule has 1 atom stereocenters. The maximum absolute atomic E-state index is 6.25. The van der Waals surface area contributed by atoms with E-state index in [-0.39, 0.29) is 0 Å². The molecular weight excluding hydrogens is 252 g/mol. The van der Waals surface area contributed by atoms with E-state index in [1.807, 2.05) is 36.8 Å². The molecule has 4 heteroatoms. The summed E-state index contributed by atoms with van der Waals surface area (Å²) in [5.41, 5.74) is 1.19. The van der Waals surface area contributed by atoms with Crippen LogP contribution < -0.4 is 5.32 Å². The van der Waals surface area contributed by atoms with Gasteiger partial charge in [-0.2, -0.15) is 0 Å². The van der Waals surface area contributed by atoms with E-state index >= 15 is 0 Å². The van der Waals surface area contributed by atoms with E-state index in [9.17, 15) is 0 Å². The molecule has 1 aromatic heterocycles. The monoisotopic (exact) mass is 266 g/mol. The van der Waals surface area contributed by atoms with E-state index < -0.39 is 0 Å². The zero-order valence-corrected chi connectivity index (χ0v) is 11.3. The maximum Gasteiger partial charge on any atom is 0.0931 e. The molecule has 2 rings (SSSR count). The molecule has 2 nitrogen and oxygen atoms in total. The van der Waals surface area contributed by atoms with Crippen LogP contribution >= 0.6 is 22.9 Å². The Labute approximate surface area is 111 Å². The Hall–Kier alpha value is -0.900. The molecular formula is C13H15ClN2S. The Kier molecular flexibility index (Phi) is 4.54. The van der Waals surface area contributed by atoms with Gasteiger partial charge in [-0.15, -0.1) is 11.3 Å². The molecule has 0 saturated heterocycles. The van der Waals surface area contributed by atoms with Crippen molar-refractivity contribution in [2.75, 3.05) is 13.6 Å². The normalized spacial score (nSPS) is 12.6. The highest BCUT2D eigenvalue weighted by Crippen LogP contribution is 2.27. The fourth-order valence-corrected chi connectivity index (χ4v) is 2.90. The fraction of sp³-hybridized carbons (Fsp3) is 0.308. The van der Waals surface area contributed by atoms with E-state index in [0.29, 0.717) is 5.92 Å². The number of hydrogen-bond acceptors (Lipinski definition) is 3. The predicted octanol–water partition coefficient (Wildman–Crippen LogP) is 3.34. The van der Waals surface area contributed by atoms with Crippen LogP contribution in [0.25, 0.3) is 0 Å². The molecule has 0 saturated carbocycles. The number of rotatable bonds is 5. The first-order chi connectivity index (χ1) is 8.31. The van der Waals surface area contributed by atoms with Gasteiger partial charge >= 0.3 is 0 Å². The summed E-state index contributed by atoms with van der Waals surface area (Å²) in [6.07, 6.45) is 2.78. The quantitative estimate of drug-likeness (QED) is 0.898. The first kappa shape index (κ1) is 12.6. The zero-order valence-electron chi connectivity index (χ0n) is 9.69. The second-order valence-corrected chi connectivity index (χ2v) is 5.29. The average molecular weight is 267 g/mol. The van der Waals surface area contributed by atoms with Crippen molar-refractivity contribution in [3.05, 3.63) is 51.4 Å². The molecule has 1 N–H and O–H groups in total. The van der Waals surface area contributed by atoms with Crippen LogP contribution in [-0.2, 0) is 6.42 Å². The van der Waals surface area contributed by atoms with Crippen LogP contribution in [0.4, 0.5) is 0 Å². The number of likely N-dealkylation sites (N-methyl/N-ethyl adjacent to an activating group) is 1. The largest absolute Gasteiger partial charge is 0.319 e. The Morgan fingerprint density at radius 1 is 1.41 bits per heavy atom. The molecule has 1 heterocycles. The van der Waals surface area contributed by atoms with E-state index in [1.165, 1.54) is 5.56 Å². The highest BCUT2D eigenvalue weighted by Gasteiger charge is 2.15. The van der Waals surface area contributed by atoms with Crippen molar-refractivity contribution in [3.8, 4) is 0 Å². The van der Waals surface area contributed by atoms with Crippen LogP contribution in [0.2, 0.25) is 5.02 Å². The third-order valence-corrected chi connectivity index (χ3v) is 3.85. The van der Waals surface area contributed by atoms with Crippen LogP contribution in [0, 0.1) is 0 Å². The molecule has 90 valence electrons. The summed E-state index contributed by atoms with van der Waals surface area (Å²) in [5, 5.41) is 7.23. The highest BCUT2D eigenvalue weighted by atomic mass is 35.5. The standard InChI is InChI=1S/C13H15ClN2S/c1-15-9-10(8-13-16-6-7-17-13)11-4-2-3-5-12(11)14/h2-7,10,15H,8-9H2,1H3. The Balaban J connectivity index is 2.20. The van der Waals surface area contributed by atoms with Gasteiger partial charge in [0.1, 0.15) is 0 Å². The van der Waals surface area contributed by atoms with Crippen molar-refractivity contribution in [1.82, 2.24) is 10.3 Å². The van der Waals surface area contributed by atoms with Crippen LogP contribution in [-0.4, -0.2) is 18.6 Å². The first-order valence-corrected chi connectivity index (χ1v) is 6.84. The maximum atomic E-state index is 6.25. The van der Waals surface area contributed by atoms with Crippen molar-refractivity contribution in [1.29, 1.82) is 0 Å². The number of hydrogen-bond donors (Lipinski definition) is 1. The second kappa shape index (κ2) is 6.15. The lowest BCUT2D eigenvalue weighted by atomic mass is 9.96. The molecule has 0 aliphatic carbocycles. The van der Waals surface area contributed by atoms with Gasteiger partial charge in [-0.05, 0) is 18.7 Å². The fourth-order valence-electron chi connectivity index (χ4n) is 1.91. The summed E-state index contributed by atoms with van der Waals surface area (Å²) in [5.74, 6) is 0.375. The minimum absolute atomic E-state index is 0.375. The van der Waals surface area contributed by atoms with Crippen LogP contribution in [0.3, 0.4) is 0 Å². The van der Waals surface area contributed by atoms with Crippen LogP contribution in [0.5, 0.6) is 0 Å². The molecule has 0 amide bonds. The SMILES string of the molecule is CNCC(Cc1nccs1)c1ccccc1Cl. The summed E-state index contributed by atoms with van der Waals surface area (Å²) in [6.45, 7) is 0.906. The van der Waals surface area contributed by atoms with Gasteiger partial charge in [-0.25, -0.2) is 4.98 Å². The Morgan fingerprint density at radius 2 is 2.24 bits per heavy atom. The summed E-state index contributed by atoms with van der Waals surface area (Å²) in [4.78, 5) is 4.34. The van der Waals surface area contributed by atoms with Crippen LogP contribution in [0.1, 0.15) is 16.5 Å². The molecule has 0 aliphatic rings. The smallest absolute Gasteiger partial charge is 0.0931 e. The number of benzene rings is 1. The summed E-state index contributed by atoms with van der Waals surface area (Å²) in [6, 6.07) is 8.04. The van der Waals surface area contributed by atoms with Gasteiger partial charge in [0.15, 0.2) is 0 Å². The number of halogens is 1. The van der Waals surface area contributed by atoms with Gasteiger partial charge < -0.3 is 5.32 Å². The lowest BCUT2D eigenvalue weighted by Crippen LogP contribution is -2.19. The molecule has 0 aliphatic heterocycles. The number of aromatic nitrogens is 1. The summed E-state index contributed by atoms with van der Waals surface area (Å²) >= 11 is 7.95. The molecule has 0 fully saturated rings. The number of nitrogens with zero attached hydrogens (tertiary/aromatic N) is 1. The highest BCUT2D eigenvalue weighted by molar-refractivity contribution is 7.09. The van der Waals surface area contributed by atoms with Gasteiger partial charge in [0, 0.05) is 35.5 Å². The third-order valence-electron chi connectivity index (χ3n) is 2.70. The molecule has 0 radical (unpaired) electrons. The van der Waals surface area contributed by atoms with Gasteiger partial charge in [0.25, 0.3) is 0 Å². The van der Waals surface area contributed by atoms with Crippen molar-refractivity contribution in [2.24, 2.45) is 0 Å². The number of thiazole rings is 1. The first-order valence-electron chi connectivity index (χ1n) is 5.58. The van der Waals surface area contributed by atoms with E-state index in [1.54, 1.807) is 11.3 Å². The van der Waals surface area contributed by atoms with Crippen molar-refractivity contribution < 1.29 is 0 Å². The number of nitrogens with one attached hydrogen (secondary N) is 1. The summed E-state index contributed by atoms with van der Waals surface area (Å²) < 4.78 is 0. The lowest BCUT2D eigenvalue weighted by Gasteiger charge is -2.17. The topological polar surface area (TPSA) is 24.9 Å². The summed E-state index contributed by atoms with van der Waals surface area (Å²) in [7, 11) is 1.96. The van der Waals surface area contributed by atoms with E-state index in [0.717, 1.165) is 23.0 Å². The van der Waals surface area contributed by atoms with Crippen molar-refractivity contribution in [3.63, 3.8) is 0 Å². The van der Waals surface area contributed by atoms with Crippen molar-refractivity contribution >= 4 is 22.9 Å². The molecule has 0 spiro atoms. The minimum atomic E-state index is 0.375. The second-order valence-electron chi connectivity index (χ2n) is 3.91. The predicted molar refractivity (Wildman–Crippen MR) is 73.9 cm³/mol. The van der Waals surface area contributed by atoms with Gasteiger partial charge in [0.05, 0.1) is 5.01 Å². The molecule has 1 unspecified atom stereocenters. The third kappa shape index (κ3) is 3.28. The van der Waals surface area contributed by atoms with Crippen molar-refractivity contribution in [2.45, 2.75) is 12.3 Å². The molecule has 1 aromatic carbocycles. The van der Waals surface area contributed by atoms with E-state index in [4.69, 9.17) is 11.6 Å². The van der Waals surface area contributed by atoms with Gasteiger partial charge in [-0.1, -0.05) is 29.8 Å². The Morgan fingerprint density at radius 3 is 2.88 bits per heavy atom. The minimum Gasteiger partial charge on any atom is -0.319 e. The average Bonchev–Trinajstić information content (AvgIpc) is 2.82. The van der Waals surface area contributed by atoms with Crippen LogP contribution in [0.15, 0.2) is 35.8 Å². The lowest BCUT2D eigenvalue weighted by molar-refractivity contribution is 0.624. The molecule has 17 heavy (non-hydrogen) atoms. The van der Waals surface area contributed by atoms with Gasteiger partial charge in [0.2, 0.25) is 0 Å². The molecule has 2 aromatic rings. The zero-order chi connectivity index (χ0) is 12.1. The molecule has 0 bridgehead atoms. The van der Waals surface area contributed by atoms with E-state index in [2.05, 4.69) is 16.4 Å². The Bertz CT molecular complexity index is 456. The van der Waals surface area contributed by atoms with Gasteiger partial charge in [-0.3, -0.25) is 0 Å².